The second-order valence-electron chi connectivity index (χ2n) is 12.1. The third-order valence-corrected chi connectivity index (χ3v) is 9.82. The van der Waals surface area contributed by atoms with Crippen molar-refractivity contribution < 1.29 is 34.0 Å². The molecule has 0 radical (unpaired) electrons. The van der Waals surface area contributed by atoms with Gasteiger partial charge in [0.05, 0.1) is 29.5 Å². The predicted octanol–water partition coefficient (Wildman–Crippen LogP) is 4.67. The molecule has 36 heavy (non-hydrogen) atoms. The van der Waals surface area contributed by atoms with Gasteiger partial charge in [0.15, 0.2) is 5.79 Å². The molecular weight excluding hydrogens is 460 g/mol. The van der Waals surface area contributed by atoms with Gasteiger partial charge in [0.1, 0.15) is 11.9 Å². The van der Waals surface area contributed by atoms with Gasteiger partial charge < -0.3 is 29.2 Å². The van der Waals surface area contributed by atoms with Crippen LogP contribution in [0.3, 0.4) is 0 Å². The van der Waals surface area contributed by atoms with Crippen molar-refractivity contribution in [2.75, 3.05) is 0 Å². The van der Waals surface area contributed by atoms with E-state index in [1.54, 1.807) is 6.08 Å². The number of rotatable bonds is 6. The number of hydrogen-bond acceptors (Lipinski definition) is 7. The van der Waals surface area contributed by atoms with E-state index >= 15 is 0 Å². The molecule has 4 aliphatic rings. The molecule has 0 aliphatic carbocycles. The van der Waals surface area contributed by atoms with E-state index in [1.807, 2.05) is 40.7 Å². The number of aliphatic hydroxyl groups is 2. The number of ether oxygens (including phenoxy) is 4. The van der Waals surface area contributed by atoms with Crippen LogP contribution in [-0.2, 0) is 23.7 Å². The van der Waals surface area contributed by atoms with Gasteiger partial charge >= 0.3 is 0 Å². The molecule has 206 valence electrons. The fraction of sp³-hybridized carbons (Fsp3) is 0.897. The summed E-state index contributed by atoms with van der Waals surface area (Å²) in [5.41, 5.74) is -1.48. The summed E-state index contributed by atoms with van der Waals surface area (Å²) in [5, 5.41) is 22.0. The molecule has 0 aromatic rings. The number of ketones is 1. The Balaban J connectivity index is 1.57. The summed E-state index contributed by atoms with van der Waals surface area (Å²) in [6, 6.07) is 0. The maximum absolute atomic E-state index is 12.8. The van der Waals surface area contributed by atoms with Gasteiger partial charge in [-0.25, -0.2) is 0 Å². The summed E-state index contributed by atoms with van der Waals surface area (Å²) >= 11 is 0. The summed E-state index contributed by atoms with van der Waals surface area (Å²) in [5.74, 6) is -2.03. The third kappa shape index (κ3) is 4.62. The summed E-state index contributed by atoms with van der Waals surface area (Å²) in [6.07, 6.45) is 7.10. The van der Waals surface area contributed by atoms with Crippen LogP contribution in [0.1, 0.15) is 99.8 Å². The van der Waals surface area contributed by atoms with Crippen molar-refractivity contribution in [3.05, 3.63) is 12.2 Å². The number of carbonyl (C=O) groups is 1. The van der Waals surface area contributed by atoms with E-state index in [9.17, 15) is 15.0 Å². The molecule has 2 N–H and O–H groups in total. The number of Topliss-reactive ketones (excluding diaryl/α,β-unsaturated/α-hetero) is 1. The van der Waals surface area contributed by atoms with Crippen molar-refractivity contribution in [1.82, 2.24) is 0 Å². The Morgan fingerprint density at radius 3 is 2.44 bits per heavy atom. The Kier molecular flexibility index (Phi) is 7.87. The minimum atomic E-state index is -1.25. The fourth-order valence-electron chi connectivity index (χ4n) is 7.11. The smallest absolute Gasteiger partial charge is 0.202 e. The highest BCUT2D eigenvalue weighted by atomic mass is 16.8. The Labute approximate surface area is 216 Å². The Hall–Kier alpha value is -0.830. The molecule has 4 heterocycles. The molecule has 0 aromatic heterocycles. The quantitative estimate of drug-likeness (QED) is 0.504. The highest BCUT2D eigenvalue weighted by Gasteiger charge is 2.62. The zero-order valence-electron chi connectivity index (χ0n) is 23.3. The lowest BCUT2D eigenvalue weighted by Crippen LogP contribution is -2.63. The van der Waals surface area contributed by atoms with Crippen LogP contribution in [0.25, 0.3) is 0 Å². The normalized spacial score (nSPS) is 50.0. The van der Waals surface area contributed by atoms with Crippen LogP contribution < -0.4 is 0 Å². The molecular formula is C29H48O7. The predicted molar refractivity (Wildman–Crippen MR) is 136 cm³/mol. The molecule has 7 heteroatoms. The molecule has 3 saturated heterocycles. The molecule has 11 atom stereocenters. The lowest BCUT2D eigenvalue weighted by Gasteiger charge is -2.54. The van der Waals surface area contributed by atoms with Gasteiger partial charge in [-0.1, -0.05) is 34.6 Å². The summed E-state index contributed by atoms with van der Waals surface area (Å²) in [6.45, 7) is 14.1. The first-order valence-electron chi connectivity index (χ1n) is 14.2. The maximum Gasteiger partial charge on any atom is 0.202 e. The first kappa shape index (κ1) is 28.2. The van der Waals surface area contributed by atoms with Gasteiger partial charge in [-0.2, -0.15) is 0 Å². The fourth-order valence-corrected chi connectivity index (χ4v) is 7.11. The molecule has 0 saturated carbocycles. The standard InChI is InChI=1S/C29H48O7/c1-8-21(22(30)9-2)25-18(4)17-19(5)28(34-25)14-11-23(31)29(36-28)16-15-26(7,35-29)24-12-13-27(32,10-3)20(6)33-24/h11,14,18-21,23-25,31-32H,8-10,12-13,15-17H2,1-7H3. The van der Waals surface area contributed by atoms with Crippen molar-refractivity contribution in [2.24, 2.45) is 17.8 Å². The van der Waals surface area contributed by atoms with Crippen molar-refractivity contribution in [3.8, 4) is 0 Å². The molecule has 4 aliphatic heterocycles. The van der Waals surface area contributed by atoms with Crippen molar-refractivity contribution in [2.45, 2.75) is 147 Å². The van der Waals surface area contributed by atoms with Crippen LogP contribution in [0.15, 0.2) is 12.2 Å². The highest BCUT2D eigenvalue weighted by molar-refractivity contribution is 5.81. The van der Waals surface area contributed by atoms with Crippen LogP contribution in [0, 0.1) is 17.8 Å². The van der Waals surface area contributed by atoms with Gasteiger partial charge in [0.2, 0.25) is 5.79 Å². The summed E-state index contributed by atoms with van der Waals surface area (Å²) < 4.78 is 26.5. The van der Waals surface area contributed by atoms with E-state index in [4.69, 9.17) is 18.9 Å². The Bertz CT molecular complexity index is 845. The van der Waals surface area contributed by atoms with Gasteiger partial charge in [-0.05, 0) is 70.4 Å². The maximum atomic E-state index is 12.8. The van der Waals surface area contributed by atoms with E-state index in [0.717, 1.165) is 12.8 Å². The third-order valence-electron chi connectivity index (χ3n) is 9.82. The van der Waals surface area contributed by atoms with Crippen molar-refractivity contribution in [3.63, 3.8) is 0 Å². The first-order chi connectivity index (χ1) is 16.9. The van der Waals surface area contributed by atoms with E-state index in [-0.39, 0.29) is 41.8 Å². The van der Waals surface area contributed by atoms with E-state index in [0.29, 0.717) is 38.5 Å². The first-order valence-corrected chi connectivity index (χ1v) is 14.2. The SMILES string of the molecule is CCC(=O)C(CC)C1OC2(C=CC(O)C3(CCC(C)(C4CCC(O)(CC)C(C)O4)O3)O2)C(C)CC1C. The minimum absolute atomic E-state index is 0.0274. The molecule has 3 fully saturated rings. The molecule has 0 aromatic carbocycles. The molecule has 2 spiro atoms. The molecule has 7 nitrogen and oxygen atoms in total. The molecule has 0 bridgehead atoms. The average Bonchev–Trinajstić information content (AvgIpc) is 3.19. The number of hydrogen-bond donors (Lipinski definition) is 2. The Morgan fingerprint density at radius 1 is 1.11 bits per heavy atom. The second-order valence-corrected chi connectivity index (χ2v) is 12.1. The van der Waals surface area contributed by atoms with Crippen LogP contribution in [0.5, 0.6) is 0 Å². The number of aliphatic hydroxyl groups excluding tert-OH is 1. The van der Waals surface area contributed by atoms with Gasteiger partial charge in [-0.15, -0.1) is 0 Å². The lowest BCUT2D eigenvalue weighted by molar-refractivity contribution is -0.408. The zero-order valence-corrected chi connectivity index (χ0v) is 23.3. The topological polar surface area (TPSA) is 94.5 Å². The zero-order chi connectivity index (χ0) is 26.5. The van der Waals surface area contributed by atoms with Crippen LogP contribution in [0.2, 0.25) is 0 Å². The molecule has 0 amide bonds. The van der Waals surface area contributed by atoms with Crippen LogP contribution in [0.4, 0.5) is 0 Å². The van der Waals surface area contributed by atoms with E-state index in [1.165, 1.54) is 0 Å². The van der Waals surface area contributed by atoms with Gasteiger partial charge in [0, 0.05) is 24.7 Å². The van der Waals surface area contributed by atoms with Crippen LogP contribution in [-0.4, -0.2) is 63.2 Å². The van der Waals surface area contributed by atoms with Gasteiger partial charge in [-0.3, -0.25) is 4.79 Å². The average molecular weight is 509 g/mol. The minimum Gasteiger partial charge on any atom is -0.387 e. The second kappa shape index (κ2) is 10.0. The largest absolute Gasteiger partial charge is 0.387 e. The van der Waals surface area contributed by atoms with E-state index in [2.05, 4.69) is 13.8 Å². The monoisotopic (exact) mass is 508 g/mol. The molecule has 11 unspecified atom stereocenters. The van der Waals surface area contributed by atoms with Crippen molar-refractivity contribution >= 4 is 5.78 Å². The summed E-state index contributed by atoms with van der Waals surface area (Å²) in [4.78, 5) is 12.8. The van der Waals surface area contributed by atoms with E-state index < -0.39 is 28.9 Å². The Morgan fingerprint density at radius 2 is 1.83 bits per heavy atom. The highest BCUT2D eigenvalue weighted by Crippen LogP contribution is 2.53. The molecule has 4 rings (SSSR count). The summed E-state index contributed by atoms with van der Waals surface area (Å²) in [7, 11) is 0. The number of carbonyl (C=O) groups excluding carboxylic acids is 1. The van der Waals surface area contributed by atoms with Crippen molar-refractivity contribution in [1.29, 1.82) is 0 Å². The van der Waals surface area contributed by atoms with Gasteiger partial charge in [0.25, 0.3) is 0 Å². The lowest BCUT2D eigenvalue weighted by atomic mass is 9.76. The van der Waals surface area contributed by atoms with Crippen LogP contribution >= 0.6 is 0 Å².